The second-order valence-corrected chi connectivity index (χ2v) is 4.96. The predicted molar refractivity (Wildman–Crippen MR) is 95.3 cm³/mol. The molecule has 1 N–H and O–H groups in total. The van der Waals surface area contributed by atoms with E-state index in [1.165, 1.54) is 0 Å². The van der Waals surface area contributed by atoms with Crippen LogP contribution in [0.25, 0.3) is 11.0 Å². The van der Waals surface area contributed by atoms with Crippen LogP contribution < -0.4 is 9.47 Å². The lowest BCUT2D eigenvalue weighted by molar-refractivity contribution is -0.139. The number of ether oxygens (including phenoxy) is 2. The number of carbonyl (C=O) groups is 1. The zero-order chi connectivity index (χ0) is 18.2. The number of fused-ring (bicyclic) bond motifs is 1. The van der Waals surface area contributed by atoms with Crippen molar-refractivity contribution in [1.82, 2.24) is 9.97 Å². The molecule has 0 aliphatic rings. The van der Waals surface area contributed by atoms with Crippen molar-refractivity contribution in [2.24, 2.45) is 0 Å². The van der Waals surface area contributed by atoms with Crippen LogP contribution in [-0.2, 0) is 4.79 Å². The van der Waals surface area contributed by atoms with E-state index in [0.717, 1.165) is 16.6 Å². The van der Waals surface area contributed by atoms with E-state index in [0.29, 0.717) is 17.4 Å². The van der Waals surface area contributed by atoms with Gasteiger partial charge in [0.1, 0.15) is 11.5 Å². The van der Waals surface area contributed by atoms with Crippen LogP contribution in [0.4, 0.5) is 0 Å². The first-order valence-electron chi connectivity index (χ1n) is 7.96. The van der Waals surface area contributed by atoms with E-state index in [1.54, 1.807) is 30.5 Å². The normalized spacial score (nSPS) is 9.88. The molecule has 0 aliphatic carbocycles. The summed E-state index contributed by atoms with van der Waals surface area (Å²) in [4.78, 5) is 19.2. The van der Waals surface area contributed by atoms with Crippen molar-refractivity contribution in [2.45, 2.75) is 20.8 Å². The van der Waals surface area contributed by atoms with Gasteiger partial charge in [-0.2, -0.15) is 0 Å². The molecule has 1 heterocycles. The molecule has 0 aliphatic heterocycles. The van der Waals surface area contributed by atoms with Gasteiger partial charge in [-0.3, -0.25) is 0 Å². The molecule has 0 atom stereocenters. The summed E-state index contributed by atoms with van der Waals surface area (Å²) in [6, 6.07) is 12.5. The lowest BCUT2D eigenvalue weighted by Gasteiger charge is -2.07. The number of hydrogen-bond donors (Lipinski definition) is 1. The summed E-state index contributed by atoms with van der Waals surface area (Å²) < 4.78 is 10.7. The first-order valence-corrected chi connectivity index (χ1v) is 7.96. The molecule has 0 fully saturated rings. The van der Waals surface area contributed by atoms with Crippen molar-refractivity contribution < 1.29 is 19.4 Å². The quantitative estimate of drug-likeness (QED) is 0.749. The third-order valence-corrected chi connectivity index (χ3v) is 3.08. The van der Waals surface area contributed by atoms with Crippen LogP contribution in [0.2, 0.25) is 0 Å². The molecule has 0 amide bonds. The number of rotatable bonds is 5. The third kappa shape index (κ3) is 5.17. The molecular formula is C19H20N2O4. The Balaban J connectivity index is 0.00000109. The zero-order valence-corrected chi connectivity index (χ0v) is 14.4. The fourth-order valence-corrected chi connectivity index (χ4v) is 2.02. The highest BCUT2D eigenvalue weighted by Gasteiger charge is 2.04. The molecule has 0 radical (unpaired) electrons. The number of carboxylic acid groups (broad SMARTS) is 1. The molecule has 0 bridgehead atoms. The molecule has 1 aromatic heterocycles. The fourth-order valence-electron chi connectivity index (χ4n) is 2.02. The molecule has 6 nitrogen and oxygen atoms in total. The van der Waals surface area contributed by atoms with Gasteiger partial charge in [-0.05, 0) is 48.9 Å². The summed E-state index contributed by atoms with van der Waals surface area (Å²) in [5, 5.41) is 8.57. The number of aromatic nitrogens is 2. The average molecular weight is 340 g/mol. The molecule has 0 saturated heterocycles. The summed E-state index contributed by atoms with van der Waals surface area (Å²) in [6.45, 7) is 5.61. The fraction of sp³-hybridized carbons (Fsp3) is 0.211. The lowest BCUT2D eigenvalue weighted by atomic mass is 10.2. The molecular weight excluding hydrogens is 320 g/mol. The second kappa shape index (κ2) is 8.63. The summed E-state index contributed by atoms with van der Waals surface area (Å²) >= 11 is 0. The number of aliphatic carboxylic acids is 1. The minimum Gasteiger partial charge on any atom is -0.482 e. The summed E-state index contributed by atoms with van der Waals surface area (Å²) in [7, 11) is 0. The van der Waals surface area contributed by atoms with E-state index < -0.39 is 5.97 Å². The van der Waals surface area contributed by atoms with Crippen molar-refractivity contribution in [3.05, 3.63) is 54.2 Å². The summed E-state index contributed by atoms with van der Waals surface area (Å²) in [6.07, 6.45) is 1.56. The molecule has 6 heteroatoms. The number of aryl methyl sites for hydroxylation is 1. The average Bonchev–Trinajstić information content (AvgIpc) is 2.62. The van der Waals surface area contributed by atoms with Gasteiger partial charge in [0.15, 0.2) is 6.61 Å². The van der Waals surface area contributed by atoms with Gasteiger partial charge in [0.2, 0.25) is 5.88 Å². The van der Waals surface area contributed by atoms with E-state index >= 15 is 0 Å². The minimum absolute atomic E-state index is 0.379. The van der Waals surface area contributed by atoms with E-state index in [2.05, 4.69) is 9.97 Å². The number of benzene rings is 2. The Morgan fingerprint density at radius 1 is 1.04 bits per heavy atom. The maximum Gasteiger partial charge on any atom is 0.341 e. The number of carboxylic acids is 1. The van der Waals surface area contributed by atoms with Crippen molar-refractivity contribution in [3.8, 4) is 17.4 Å². The first kappa shape index (κ1) is 18.2. The largest absolute Gasteiger partial charge is 0.482 e. The Kier molecular flexibility index (Phi) is 6.28. The standard InChI is InChI=1S/C17H14N2O4.C2H6/c1-11-2-7-14-15(8-11)19-16(9-18-14)23-13-5-3-12(4-6-13)22-10-17(20)21;1-2/h2-9H,10H2,1H3,(H,20,21);1-2H3. The van der Waals surface area contributed by atoms with Gasteiger partial charge >= 0.3 is 5.97 Å². The van der Waals surface area contributed by atoms with Crippen LogP contribution in [0.15, 0.2) is 48.7 Å². The topological polar surface area (TPSA) is 81.5 Å². The Morgan fingerprint density at radius 3 is 2.40 bits per heavy atom. The Morgan fingerprint density at radius 2 is 1.72 bits per heavy atom. The summed E-state index contributed by atoms with van der Waals surface area (Å²) in [5.74, 6) is 0.392. The highest BCUT2D eigenvalue weighted by molar-refractivity contribution is 5.75. The Hall–Kier alpha value is -3.15. The van der Waals surface area contributed by atoms with Crippen LogP contribution in [0.5, 0.6) is 17.4 Å². The van der Waals surface area contributed by atoms with Crippen LogP contribution in [0, 0.1) is 6.92 Å². The van der Waals surface area contributed by atoms with E-state index in [4.69, 9.17) is 14.6 Å². The molecule has 3 rings (SSSR count). The van der Waals surface area contributed by atoms with E-state index in [9.17, 15) is 4.79 Å². The Labute approximate surface area is 146 Å². The van der Waals surface area contributed by atoms with Gasteiger partial charge in [-0.1, -0.05) is 19.9 Å². The third-order valence-electron chi connectivity index (χ3n) is 3.08. The summed E-state index contributed by atoms with van der Waals surface area (Å²) in [5.41, 5.74) is 2.67. The smallest absolute Gasteiger partial charge is 0.341 e. The highest BCUT2D eigenvalue weighted by atomic mass is 16.5. The molecule has 0 spiro atoms. The van der Waals surface area contributed by atoms with Gasteiger partial charge in [0.05, 0.1) is 17.2 Å². The zero-order valence-electron chi connectivity index (χ0n) is 14.4. The predicted octanol–water partition coefficient (Wildman–Crippen LogP) is 4.22. The van der Waals surface area contributed by atoms with Crippen LogP contribution in [0.1, 0.15) is 19.4 Å². The van der Waals surface area contributed by atoms with Crippen LogP contribution in [0.3, 0.4) is 0 Å². The van der Waals surface area contributed by atoms with Crippen molar-refractivity contribution in [2.75, 3.05) is 6.61 Å². The molecule has 130 valence electrons. The molecule has 0 unspecified atom stereocenters. The maximum atomic E-state index is 10.4. The number of nitrogens with zero attached hydrogens (tertiary/aromatic N) is 2. The van der Waals surface area contributed by atoms with Crippen molar-refractivity contribution in [1.29, 1.82) is 0 Å². The monoisotopic (exact) mass is 340 g/mol. The van der Waals surface area contributed by atoms with Gasteiger partial charge in [0.25, 0.3) is 0 Å². The van der Waals surface area contributed by atoms with E-state index in [1.807, 2.05) is 39.0 Å². The minimum atomic E-state index is -1.02. The Bertz CT molecular complexity index is 848. The maximum absolute atomic E-state index is 10.4. The van der Waals surface area contributed by atoms with Crippen LogP contribution >= 0.6 is 0 Å². The lowest BCUT2D eigenvalue weighted by Crippen LogP contribution is -2.09. The molecule has 2 aromatic carbocycles. The SMILES string of the molecule is CC.Cc1ccc2ncc(Oc3ccc(OCC(=O)O)cc3)nc2c1. The molecule has 3 aromatic rings. The van der Waals surface area contributed by atoms with Gasteiger partial charge in [-0.15, -0.1) is 0 Å². The molecule has 0 saturated carbocycles. The first-order chi connectivity index (χ1) is 12.1. The molecule has 25 heavy (non-hydrogen) atoms. The van der Waals surface area contributed by atoms with Gasteiger partial charge < -0.3 is 14.6 Å². The van der Waals surface area contributed by atoms with Crippen molar-refractivity contribution >= 4 is 17.0 Å². The van der Waals surface area contributed by atoms with Gasteiger partial charge in [0, 0.05) is 0 Å². The number of hydrogen-bond acceptors (Lipinski definition) is 5. The van der Waals surface area contributed by atoms with Crippen molar-refractivity contribution in [3.63, 3.8) is 0 Å². The second-order valence-electron chi connectivity index (χ2n) is 4.96. The highest BCUT2D eigenvalue weighted by Crippen LogP contribution is 2.23. The van der Waals surface area contributed by atoms with E-state index in [-0.39, 0.29) is 6.61 Å². The van der Waals surface area contributed by atoms with Crippen LogP contribution in [-0.4, -0.2) is 27.7 Å². The van der Waals surface area contributed by atoms with Gasteiger partial charge in [-0.25, -0.2) is 14.8 Å².